The predicted molar refractivity (Wildman–Crippen MR) is 460 cm³/mol. The van der Waals surface area contributed by atoms with Gasteiger partial charge in [0.15, 0.2) is 36.6 Å². The molecule has 0 aromatic rings. The van der Waals surface area contributed by atoms with E-state index < -0.39 is 219 Å². The number of aliphatic carboxylic acids is 7. The van der Waals surface area contributed by atoms with Crippen LogP contribution in [0.3, 0.4) is 0 Å². The second-order valence-corrected chi connectivity index (χ2v) is 43.9. The topological polar surface area (TPSA) is 501 Å². The Kier molecular flexibility index (Phi) is 47.2. The zero-order chi connectivity index (χ0) is 109. The number of carboxylic acids is 7. The lowest BCUT2D eigenvalue weighted by Gasteiger charge is -2.36. The Morgan fingerprint density at radius 2 is 0.706 bits per heavy atom. The molecule has 0 aromatic heterocycles. The zero-order valence-corrected chi connectivity index (χ0v) is 83.7. The number of esters is 5. The molecule has 0 aromatic carbocycles. The molecule has 0 N–H and O–H groups in total. The van der Waals surface area contributed by atoms with Crippen molar-refractivity contribution in [3.05, 3.63) is 12.2 Å². The molecular weight excluding hydrogens is 1960 g/mol. The average Bonchev–Trinajstić information content (AvgIpc) is 1.55. The number of hydrogen-bond donors (Lipinski definition) is 0. The van der Waals surface area contributed by atoms with Crippen molar-refractivity contribution in [2.75, 3.05) is 0 Å². The highest BCUT2D eigenvalue weighted by Gasteiger charge is 2.66. The maximum atomic E-state index is 13.8. The van der Waals surface area contributed by atoms with Crippen molar-refractivity contribution < 1.29 is 210 Å². The molecule has 18 unspecified atom stereocenters. The molecule has 1 aliphatic heterocycles. The van der Waals surface area contributed by atoms with E-state index in [9.17, 15) is 168 Å². The summed E-state index contributed by atoms with van der Waals surface area (Å²) in [6, 6.07) is 0. The first-order valence-corrected chi connectivity index (χ1v) is 50.7. The highest BCUT2D eigenvalue weighted by Crippen LogP contribution is 2.57. The Balaban J connectivity index is 0.000000294. The van der Waals surface area contributed by atoms with E-state index in [1.54, 1.807) is 55.4 Å². The smallest absolute Gasteiger partial charge is 0.509 e. The summed E-state index contributed by atoms with van der Waals surface area (Å²) < 4.78 is 258. The standard InChI is InChI=1S/C15H22F2O4.C15H20F2O4.2C14H22F2O4.C13H18F2O6S.C13H20F2O5.C13H20F2O4/c2*1-8(2)5-12(15(16,17)14(19)20)21-13(18)11-7-9-3-4-10(11)6-9;1-9(2)12(14(15,16)13(18)19)20-11(17)8-10-6-4-3-5-7-10;1-9(2)8-11(14(15,16)13(18)19)20-12(17)10-6-4-3-5-7-10;1-5(2)11(13(14,15)12(16)17)20-9-6-3-7-8(4-6)22(18,19)21-10(7)9;1-8(2)10(13(14,15)11(16)17)20-12(18)19-9-6-4-3-5-7-9;1-8(2)7-10(13(14,15)12(17)18)19-11(16)9-5-3-4-6-9/h8-12H,3-7H2,1-2H3,(H,19,20);3-4,8-12H,5-7H2,1-2H3,(H,19,20);9-10,12H,3-8H2,1-2H3,(H,18,19);9-11H,3-8H2,1-2H3,(H,18,19);5-11H,3-4H2,1-2H3,(H,16,17);8-10H,3-7H2,1-2H3,(H,16,17);8-10H,3-7H2,1-2H3,(H,17,18)/p-7. The van der Waals surface area contributed by atoms with Crippen LogP contribution in [0.1, 0.15) is 302 Å². The number of carbonyl (C=O) groups excluding carboxylic acids is 13. The quantitative estimate of drug-likeness (QED) is 0.0181. The van der Waals surface area contributed by atoms with Crippen LogP contribution in [0.15, 0.2) is 12.2 Å². The van der Waals surface area contributed by atoms with Gasteiger partial charge in [-0.2, -0.15) is 69.9 Å². The summed E-state index contributed by atoms with van der Waals surface area (Å²) in [4.78, 5) is 145. The van der Waals surface area contributed by atoms with Crippen LogP contribution in [0.2, 0.25) is 0 Å². The summed E-state index contributed by atoms with van der Waals surface area (Å²) >= 11 is 0. The van der Waals surface area contributed by atoms with Crippen LogP contribution < -0.4 is 35.7 Å². The molecular formula is C97H137F14O31S-7. The van der Waals surface area contributed by atoms with Crippen LogP contribution >= 0.6 is 0 Å². The average molecular weight is 2100 g/mol. The fourth-order valence-corrected chi connectivity index (χ4v) is 22.0. The van der Waals surface area contributed by atoms with Gasteiger partial charge in [-0.05, 0) is 212 Å². The largest absolute Gasteiger partial charge is 0.544 e. The van der Waals surface area contributed by atoms with Crippen molar-refractivity contribution >= 4 is 87.9 Å². The molecule has 31 nitrogen and oxygen atoms in total. The fraction of sp³-hybridized carbons (Fsp3) is 0.845. The first-order valence-electron chi connectivity index (χ1n) is 49.3. The van der Waals surface area contributed by atoms with Gasteiger partial charge in [0.2, 0.25) is 0 Å². The van der Waals surface area contributed by atoms with Gasteiger partial charge in [-0.25, -0.2) is 4.79 Å². The van der Waals surface area contributed by atoms with E-state index in [0.717, 1.165) is 109 Å². The third-order valence-corrected chi connectivity index (χ3v) is 29.4. The van der Waals surface area contributed by atoms with Crippen LogP contribution in [0, 0.1) is 107 Å². The van der Waals surface area contributed by atoms with E-state index in [-0.39, 0.29) is 103 Å². The second-order valence-electron chi connectivity index (χ2n) is 42.1. The lowest BCUT2D eigenvalue weighted by molar-refractivity contribution is -0.341. The minimum atomic E-state index is -4.25. The second kappa shape index (κ2) is 53.9. The summed E-state index contributed by atoms with van der Waals surface area (Å²) in [5, 5.41) is 73.3. The molecule has 10 aliphatic carbocycles. The van der Waals surface area contributed by atoms with Gasteiger partial charge in [0.25, 0.3) is 10.1 Å². The third kappa shape index (κ3) is 35.4. The lowest BCUT2D eigenvalue weighted by Crippen LogP contribution is -2.55. The number of carboxylic acid groups (broad SMARTS) is 7. The van der Waals surface area contributed by atoms with E-state index in [4.69, 9.17) is 37.3 Å². The third-order valence-electron chi connectivity index (χ3n) is 27.6. The summed E-state index contributed by atoms with van der Waals surface area (Å²) in [5.41, 5.74) is 0. The molecule has 18 atom stereocenters. The molecule has 0 radical (unpaired) electrons. The highest BCUT2D eigenvalue weighted by molar-refractivity contribution is 7.87. The first kappa shape index (κ1) is 125. The lowest BCUT2D eigenvalue weighted by atomic mass is 9.87. The maximum Gasteiger partial charge on any atom is 0.509 e. The number of rotatable bonds is 40. The van der Waals surface area contributed by atoms with E-state index in [2.05, 4.69) is 4.74 Å². The summed E-state index contributed by atoms with van der Waals surface area (Å²) in [6.07, 6.45) is 8.17. The van der Waals surface area contributed by atoms with Gasteiger partial charge in [-0.3, -0.25) is 28.2 Å². The maximum absolute atomic E-state index is 13.8. The summed E-state index contributed by atoms with van der Waals surface area (Å²) in [7, 11) is -3.67. The van der Waals surface area contributed by atoms with Crippen molar-refractivity contribution in [2.45, 2.75) is 410 Å². The van der Waals surface area contributed by atoms with Crippen LogP contribution in [-0.2, 0) is 110 Å². The molecule has 9 saturated carbocycles. The number of hydrogen-bond acceptors (Lipinski definition) is 31. The Morgan fingerprint density at radius 1 is 0.357 bits per heavy atom. The van der Waals surface area contributed by atoms with Crippen molar-refractivity contribution in [1.29, 1.82) is 0 Å². The normalized spacial score (nSPS) is 25.2. The van der Waals surface area contributed by atoms with Crippen LogP contribution in [0.4, 0.5) is 66.3 Å². The van der Waals surface area contributed by atoms with E-state index in [0.29, 0.717) is 76.0 Å². The molecule has 10 fully saturated rings. The van der Waals surface area contributed by atoms with E-state index in [1.807, 2.05) is 12.2 Å². The molecule has 46 heteroatoms. The molecule has 11 rings (SSSR count). The van der Waals surface area contributed by atoms with Crippen LogP contribution in [0.25, 0.3) is 0 Å². The van der Waals surface area contributed by atoms with Gasteiger partial charge in [-0.1, -0.05) is 173 Å². The van der Waals surface area contributed by atoms with E-state index in [1.165, 1.54) is 41.5 Å². The zero-order valence-electron chi connectivity index (χ0n) is 82.9. The van der Waals surface area contributed by atoms with Crippen molar-refractivity contribution in [1.82, 2.24) is 0 Å². The number of halogens is 14. The van der Waals surface area contributed by atoms with Gasteiger partial charge in [0, 0.05) is 12.3 Å². The fourth-order valence-electron chi connectivity index (χ4n) is 20.1. The summed E-state index contributed by atoms with van der Waals surface area (Å²) in [6.45, 7) is 21.6. The van der Waals surface area contributed by atoms with E-state index >= 15 is 0 Å². The van der Waals surface area contributed by atoms with Gasteiger partial charge < -0.3 is 107 Å². The number of allylic oxidation sites excluding steroid dienone is 2. The Labute approximate surface area is 823 Å². The van der Waals surface area contributed by atoms with Crippen LogP contribution in [-0.4, -0.2) is 194 Å². The molecule has 6 bridgehead atoms. The minimum absolute atomic E-state index is 0.0266. The Morgan fingerprint density at radius 3 is 1.04 bits per heavy atom. The highest BCUT2D eigenvalue weighted by atomic mass is 32.2. The van der Waals surface area contributed by atoms with Gasteiger partial charge in [-0.15, -0.1) is 0 Å². The van der Waals surface area contributed by atoms with Gasteiger partial charge in [0.1, 0.15) is 60.1 Å². The van der Waals surface area contributed by atoms with Crippen LogP contribution in [0.5, 0.6) is 0 Å². The molecule has 1 heterocycles. The molecule has 11 aliphatic rings. The number of carbonyl (C=O) groups is 13. The minimum Gasteiger partial charge on any atom is -0.544 e. The molecule has 1 saturated heterocycles. The molecule has 0 amide bonds. The first-order chi connectivity index (χ1) is 66.0. The summed E-state index contributed by atoms with van der Waals surface area (Å²) in [5.74, 6) is -54.5. The predicted octanol–water partition coefficient (Wildman–Crippen LogP) is 10.4. The number of alkyl halides is 14. The van der Waals surface area contributed by atoms with Gasteiger partial charge in [0.05, 0.1) is 35.0 Å². The monoisotopic (exact) mass is 2100 g/mol. The SMILES string of the molecule is CC(C)C(OC(=O)CC1CCCCC1)C(F)(F)C(=O)[O-].CC(C)C(OC(=O)OC1CCCCC1)C(F)(F)C(=O)[O-].CC(C)C(OC1C2CC3C1OS(=O)(=O)C3C2)C(F)(F)C(=O)[O-].CC(C)CC(OC(=O)C1CC2C=CC1C2)C(F)(F)C(=O)[O-].CC(C)CC(OC(=O)C1CC2CCC1C2)C(F)(F)C(=O)[O-].CC(C)CC(OC(=O)C1CCCC1)C(F)(F)C(=O)[O-].CC(C)CC(OC(=O)C1CCCCC1)C(F)(F)C(=O)[O-]. The number of fused-ring (bicyclic) bond motifs is 5. The molecule has 143 heavy (non-hydrogen) atoms. The molecule has 0 spiro atoms. The number of ether oxygens (including phenoxy) is 8. The van der Waals surface area contributed by atoms with Crippen molar-refractivity contribution in [3.63, 3.8) is 0 Å². The Bertz CT molecular complexity index is 4280. The molecule has 822 valence electrons. The van der Waals surface area contributed by atoms with Gasteiger partial charge >= 0.3 is 77.5 Å². The van der Waals surface area contributed by atoms with Crippen molar-refractivity contribution in [2.24, 2.45) is 107 Å². The Hall–Kier alpha value is -8.46. The van der Waals surface area contributed by atoms with Crippen molar-refractivity contribution in [3.8, 4) is 0 Å².